The third kappa shape index (κ3) is 3.00. The quantitative estimate of drug-likeness (QED) is 0.824. The lowest BCUT2D eigenvalue weighted by Gasteiger charge is -2.26. The minimum Gasteiger partial charge on any atom is -0.326 e. The molecule has 1 aliphatic heterocycles. The number of rotatable bonds is 3. The Morgan fingerprint density at radius 1 is 1.25 bits per heavy atom. The molecule has 1 fully saturated rings. The fraction of sp³-hybridized carbons (Fsp3) is 0.455. The number of halogens is 1. The van der Waals surface area contributed by atoms with Gasteiger partial charge in [0.1, 0.15) is 5.82 Å². The van der Waals surface area contributed by atoms with Crippen LogP contribution in [0.2, 0.25) is 0 Å². The van der Waals surface area contributed by atoms with Crippen LogP contribution in [0.4, 0.5) is 4.39 Å². The first-order valence-electron chi connectivity index (χ1n) is 5.95. The van der Waals surface area contributed by atoms with Gasteiger partial charge < -0.3 is 5.73 Å². The third-order valence-electron chi connectivity index (χ3n) is 3.18. The van der Waals surface area contributed by atoms with Crippen LogP contribution in [0.5, 0.6) is 0 Å². The Labute approximate surface area is 117 Å². The molecule has 1 heterocycles. The zero-order valence-corrected chi connectivity index (χ0v) is 12.3. The maximum absolute atomic E-state index is 13.3. The van der Waals surface area contributed by atoms with Gasteiger partial charge in [0.15, 0.2) is 9.84 Å². The van der Waals surface area contributed by atoms with Gasteiger partial charge in [-0.2, -0.15) is 4.31 Å². The molecule has 1 saturated heterocycles. The molecule has 2 N–H and O–H groups in total. The predicted octanol–water partition coefficient (Wildman–Crippen LogP) is -0.296. The summed E-state index contributed by atoms with van der Waals surface area (Å²) in [5.41, 5.74) is 5.46. The lowest BCUT2D eigenvalue weighted by atomic mass is 10.2. The van der Waals surface area contributed by atoms with Gasteiger partial charge in [0.25, 0.3) is 0 Å². The van der Waals surface area contributed by atoms with E-state index in [-0.39, 0.29) is 41.6 Å². The second-order valence-corrected chi connectivity index (χ2v) is 8.75. The molecule has 2 rings (SSSR count). The van der Waals surface area contributed by atoms with Gasteiger partial charge in [0.2, 0.25) is 10.0 Å². The summed E-state index contributed by atoms with van der Waals surface area (Å²) in [6, 6.07) is 3.40. The van der Waals surface area contributed by atoms with Crippen LogP contribution in [0.1, 0.15) is 5.56 Å². The lowest BCUT2D eigenvalue weighted by molar-refractivity contribution is 0.430. The summed E-state index contributed by atoms with van der Waals surface area (Å²) >= 11 is 0. The Kier molecular flexibility index (Phi) is 4.14. The minimum atomic E-state index is -3.81. The Hall–Kier alpha value is -1.03. The highest BCUT2D eigenvalue weighted by Crippen LogP contribution is 2.20. The van der Waals surface area contributed by atoms with Crippen molar-refractivity contribution < 1.29 is 21.2 Å². The molecule has 6 nitrogen and oxygen atoms in total. The maximum atomic E-state index is 13.3. The molecule has 112 valence electrons. The zero-order chi connectivity index (χ0) is 15.0. The molecule has 0 bridgehead atoms. The van der Waals surface area contributed by atoms with E-state index in [0.29, 0.717) is 0 Å². The number of hydrogen-bond acceptors (Lipinski definition) is 5. The van der Waals surface area contributed by atoms with E-state index in [4.69, 9.17) is 5.73 Å². The summed E-state index contributed by atoms with van der Waals surface area (Å²) in [6.45, 7) is -0.274. The minimum absolute atomic E-state index is 0.0707. The Morgan fingerprint density at radius 3 is 2.40 bits per heavy atom. The van der Waals surface area contributed by atoms with Crippen LogP contribution in [0, 0.1) is 5.82 Å². The second-order valence-electron chi connectivity index (χ2n) is 4.51. The summed E-state index contributed by atoms with van der Waals surface area (Å²) in [6.07, 6.45) is 0. The molecule has 0 radical (unpaired) electrons. The predicted molar refractivity (Wildman–Crippen MR) is 71.7 cm³/mol. The topological polar surface area (TPSA) is 97.5 Å². The first-order valence-corrected chi connectivity index (χ1v) is 9.21. The molecule has 0 unspecified atom stereocenters. The molecule has 1 aromatic carbocycles. The van der Waals surface area contributed by atoms with Crippen LogP contribution < -0.4 is 5.73 Å². The van der Waals surface area contributed by atoms with E-state index < -0.39 is 25.7 Å². The summed E-state index contributed by atoms with van der Waals surface area (Å²) in [5, 5.41) is 0. The highest BCUT2D eigenvalue weighted by atomic mass is 32.2. The molecule has 0 spiro atoms. The maximum Gasteiger partial charge on any atom is 0.243 e. The smallest absolute Gasteiger partial charge is 0.243 e. The standard InChI is InChI=1S/C11H15FN2O4S2/c12-11-2-1-10(7-9(11)8-13)20(17,18)14-3-5-19(15,16)6-4-14/h1-2,7H,3-6,8,13H2. The normalized spacial score (nSPS) is 19.9. The van der Waals surface area contributed by atoms with E-state index in [2.05, 4.69) is 0 Å². The molecule has 9 heteroatoms. The average molecular weight is 322 g/mol. The third-order valence-corrected chi connectivity index (χ3v) is 6.68. The summed E-state index contributed by atoms with van der Waals surface area (Å²) < 4.78 is 61.8. The van der Waals surface area contributed by atoms with Crippen molar-refractivity contribution in [2.24, 2.45) is 5.73 Å². The monoisotopic (exact) mass is 322 g/mol. The van der Waals surface area contributed by atoms with Gasteiger partial charge in [-0.15, -0.1) is 0 Å². The van der Waals surface area contributed by atoms with Crippen molar-refractivity contribution in [3.05, 3.63) is 29.6 Å². The first kappa shape index (κ1) is 15.4. The number of nitrogens with zero attached hydrogens (tertiary/aromatic N) is 1. The number of sulfone groups is 1. The van der Waals surface area contributed by atoms with Crippen LogP contribution >= 0.6 is 0 Å². The van der Waals surface area contributed by atoms with E-state index >= 15 is 0 Å². The van der Waals surface area contributed by atoms with Crippen LogP contribution in [0.25, 0.3) is 0 Å². The van der Waals surface area contributed by atoms with Crippen molar-refractivity contribution in [2.45, 2.75) is 11.4 Å². The van der Waals surface area contributed by atoms with Crippen LogP contribution in [-0.4, -0.2) is 45.7 Å². The van der Waals surface area contributed by atoms with E-state index in [1.807, 2.05) is 0 Å². The van der Waals surface area contributed by atoms with Crippen molar-refractivity contribution in [2.75, 3.05) is 24.6 Å². The van der Waals surface area contributed by atoms with Crippen LogP contribution in [0.3, 0.4) is 0 Å². The van der Waals surface area contributed by atoms with E-state index in [1.165, 1.54) is 6.07 Å². The molecule has 0 atom stereocenters. The molecule has 0 aromatic heterocycles. The van der Waals surface area contributed by atoms with Gasteiger partial charge in [-0.1, -0.05) is 0 Å². The zero-order valence-electron chi connectivity index (χ0n) is 10.6. The molecule has 0 saturated carbocycles. The van der Waals surface area contributed by atoms with Gasteiger partial charge in [-0.05, 0) is 18.2 Å². The fourth-order valence-corrected chi connectivity index (χ4v) is 4.88. The molecule has 1 aliphatic rings. The van der Waals surface area contributed by atoms with E-state index in [9.17, 15) is 21.2 Å². The molecule has 0 amide bonds. The highest BCUT2D eigenvalue weighted by molar-refractivity contribution is 7.92. The van der Waals surface area contributed by atoms with Crippen molar-refractivity contribution in [3.63, 3.8) is 0 Å². The fourth-order valence-electron chi connectivity index (χ4n) is 1.95. The number of benzene rings is 1. The van der Waals surface area contributed by atoms with Gasteiger partial charge in [0, 0.05) is 25.2 Å². The van der Waals surface area contributed by atoms with Gasteiger partial charge in [0.05, 0.1) is 16.4 Å². The van der Waals surface area contributed by atoms with Gasteiger partial charge in [-0.25, -0.2) is 21.2 Å². The van der Waals surface area contributed by atoms with Crippen molar-refractivity contribution in [3.8, 4) is 0 Å². The Bertz CT molecular complexity index is 702. The van der Waals surface area contributed by atoms with Crippen LogP contribution in [-0.2, 0) is 26.4 Å². The lowest BCUT2D eigenvalue weighted by Crippen LogP contribution is -2.43. The first-order chi connectivity index (χ1) is 9.26. The Morgan fingerprint density at radius 2 is 1.85 bits per heavy atom. The van der Waals surface area contributed by atoms with Crippen molar-refractivity contribution in [1.82, 2.24) is 4.31 Å². The number of sulfonamides is 1. The van der Waals surface area contributed by atoms with Crippen LogP contribution in [0.15, 0.2) is 23.1 Å². The summed E-state index contributed by atoms with van der Waals surface area (Å²) in [7, 11) is -6.98. The molecular formula is C11H15FN2O4S2. The van der Waals surface area contributed by atoms with E-state index in [0.717, 1.165) is 16.4 Å². The SMILES string of the molecule is NCc1cc(S(=O)(=O)N2CCS(=O)(=O)CC2)ccc1F. The van der Waals surface area contributed by atoms with E-state index in [1.54, 1.807) is 0 Å². The van der Waals surface area contributed by atoms with Crippen molar-refractivity contribution in [1.29, 1.82) is 0 Å². The molecule has 0 aliphatic carbocycles. The summed E-state index contributed by atoms with van der Waals surface area (Å²) in [5.74, 6) is -0.957. The second kappa shape index (κ2) is 5.40. The summed E-state index contributed by atoms with van der Waals surface area (Å²) in [4.78, 5) is -0.0707. The number of nitrogens with two attached hydrogens (primary N) is 1. The molecular weight excluding hydrogens is 307 g/mol. The number of hydrogen-bond donors (Lipinski definition) is 1. The average Bonchev–Trinajstić information content (AvgIpc) is 2.38. The largest absolute Gasteiger partial charge is 0.326 e. The van der Waals surface area contributed by atoms with Gasteiger partial charge in [-0.3, -0.25) is 0 Å². The van der Waals surface area contributed by atoms with Gasteiger partial charge >= 0.3 is 0 Å². The molecule has 20 heavy (non-hydrogen) atoms. The van der Waals surface area contributed by atoms with Crippen molar-refractivity contribution >= 4 is 19.9 Å². The Balaban J connectivity index is 2.32. The highest BCUT2D eigenvalue weighted by Gasteiger charge is 2.31. The molecule has 1 aromatic rings.